The summed E-state index contributed by atoms with van der Waals surface area (Å²) < 4.78 is 29.1. The van der Waals surface area contributed by atoms with Gasteiger partial charge in [-0.25, -0.2) is 13.1 Å². The summed E-state index contributed by atoms with van der Waals surface area (Å²) in [7, 11) is -1.62. The Morgan fingerprint density at radius 3 is 2.68 bits per heavy atom. The third-order valence-electron chi connectivity index (χ3n) is 2.41. The molecule has 0 aliphatic heterocycles. The molecule has 0 saturated heterocycles. The van der Waals surface area contributed by atoms with E-state index < -0.39 is 10.0 Å². The van der Waals surface area contributed by atoms with Crippen molar-refractivity contribution in [3.05, 3.63) is 23.2 Å². The molecule has 0 heterocycles. The zero-order valence-electron chi connectivity index (χ0n) is 12.3. The van der Waals surface area contributed by atoms with Crippen LogP contribution in [0.5, 0.6) is 5.75 Å². The van der Waals surface area contributed by atoms with E-state index in [2.05, 4.69) is 15.0 Å². The number of aliphatic imine (C=N–C) groups is 1. The largest absolute Gasteiger partial charge is 0.495 e. The van der Waals surface area contributed by atoms with Crippen LogP contribution in [-0.4, -0.2) is 40.8 Å². The Kier molecular flexibility index (Phi) is 9.72. The standard InChI is InChI=1S/C12H19ClN4O3S.HI/c1-20-11-5-4-9(8-10(11)13)17-12(14)15-6-3-7-16-21(2,18)19;/h4-5,8,16H,3,6-7H2,1-2H3,(H3,14,15,17);1H. The van der Waals surface area contributed by atoms with Crippen molar-refractivity contribution in [3.8, 4) is 5.75 Å². The summed E-state index contributed by atoms with van der Waals surface area (Å²) in [5.41, 5.74) is 6.41. The summed E-state index contributed by atoms with van der Waals surface area (Å²) in [4.78, 5) is 4.09. The van der Waals surface area contributed by atoms with Gasteiger partial charge < -0.3 is 15.8 Å². The van der Waals surface area contributed by atoms with Gasteiger partial charge in [0.1, 0.15) is 5.75 Å². The van der Waals surface area contributed by atoms with Gasteiger partial charge >= 0.3 is 0 Å². The lowest BCUT2D eigenvalue weighted by Gasteiger charge is -2.08. The van der Waals surface area contributed by atoms with Gasteiger partial charge in [-0.05, 0) is 24.6 Å². The number of anilines is 1. The first-order valence-corrected chi connectivity index (χ1v) is 8.44. The lowest BCUT2D eigenvalue weighted by molar-refractivity contribution is 0.415. The summed E-state index contributed by atoms with van der Waals surface area (Å²) >= 11 is 5.99. The van der Waals surface area contributed by atoms with Crippen molar-refractivity contribution in [1.29, 1.82) is 0 Å². The van der Waals surface area contributed by atoms with Crippen LogP contribution < -0.4 is 20.5 Å². The Balaban J connectivity index is 0.00000441. The molecule has 0 saturated carbocycles. The first-order chi connectivity index (χ1) is 9.81. The van der Waals surface area contributed by atoms with Crippen LogP contribution in [0.2, 0.25) is 5.02 Å². The maximum Gasteiger partial charge on any atom is 0.208 e. The summed E-state index contributed by atoms with van der Waals surface area (Å²) in [6.07, 6.45) is 1.67. The van der Waals surface area contributed by atoms with Crippen molar-refractivity contribution < 1.29 is 13.2 Å². The van der Waals surface area contributed by atoms with Gasteiger partial charge in [0.15, 0.2) is 5.96 Å². The fourth-order valence-corrected chi connectivity index (χ4v) is 2.24. The van der Waals surface area contributed by atoms with E-state index in [4.69, 9.17) is 22.1 Å². The van der Waals surface area contributed by atoms with E-state index >= 15 is 0 Å². The van der Waals surface area contributed by atoms with E-state index in [9.17, 15) is 8.42 Å². The summed E-state index contributed by atoms with van der Waals surface area (Å²) in [6, 6.07) is 5.15. The van der Waals surface area contributed by atoms with Gasteiger partial charge in [-0.15, -0.1) is 24.0 Å². The van der Waals surface area contributed by atoms with Crippen LogP contribution in [0.15, 0.2) is 23.2 Å². The Hall–Kier alpha value is -0.780. The Morgan fingerprint density at radius 2 is 2.14 bits per heavy atom. The number of hydrogen-bond donors (Lipinski definition) is 3. The van der Waals surface area contributed by atoms with Crippen molar-refractivity contribution in [1.82, 2.24) is 4.72 Å². The van der Waals surface area contributed by atoms with Crippen LogP contribution in [-0.2, 0) is 10.0 Å². The molecular formula is C12H20ClIN4O3S. The van der Waals surface area contributed by atoms with E-state index in [1.807, 2.05) is 0 Å². The molecule has 0 atom stereocenters. The van der Waals surface area contributed by atoms with Gasteiger partial charge in [-0.3, -0.25) is 4.99 Å². The molecule has 0 aliphatic carbocycles. The molecule has 0 aliphatic rings. The second kappa shape index (κ2) is 10.1. The number of hydrogen-bond acceptors (Lipinski definition) is 4. The summed E-state index contributed by atoms with van der Waals surface area (Å²) in [6.45, 7) is 0.731. The Bertz CT molecular complexity index is 610. The van der Waals surface area contributed by atoms with Gasteiger partial charge in [0.05, 0.1) is 18.4 Å². The number of ether oxygens (including phenoxy) is 1. The normalized spacial score (nSPS) is 11.7. The number of methoxy groups -OCH3 is 1. The molecule has 0 fully saturated rings. The van der Waals surface area contributed by atoms with E-state index in [-0.39, 0.29) is 29.9 Å². The molecule has 1 aromatic carbocycles. The Morgan fingerprint density at radius 1 is 1.45 bits per heavy atom. The topological polar surface area (TPSA) is 106 Å². The van der Waals surface area contributed by atoms with E-state index in [0.717, 1.165) is 6.26 Å². The highest BCUT2D eigenvalue weighted by Crippen LogP contribution is 2.26. The number of benzene rings is 1. The van der Waals surface area contributed by atoms with Crippen molar-refractivity contribution in [2.24, 2.45) is 10.7 Å². The smallest absolute Gasteiger partial charge is 0.208 e. The fraction of sp³-hybridized carbons (Fsp3) is 0.417. The molecule has 1 aromatic rings. The van der Waals surface area contributed by atoms with Crippen LogP contribution in [0.3, 0.4) is 0 Å². The predicted molar refractivity (Wildman–Crippen MR) is 101 cm³/mol. The molecule has 0 spiro atoms. The average molecular weight is 463 g/mol. The maximum absolute atomic E-state index is 10.8. The molecule has 0 bridgehead atoms. The quantitative estimate of drug-likeness (QED) is 0.247. The van der Waals surface area contributed by atoms with Crippen LogP contribution in [0.1, 0.15) is 6.42 Å². The number of sulfonamides is 1. The molecule has 1 rings (SSSR count). The van der Waals surface area contributed by atoms with Crippen LogP contribution in [0.4, 0.5) is 5.69 Å². The van der Waals surface area contributed by atoms with Gasteiger partial charge in [0.2, 0.25) is 10.0 Å². The molecule has 10 heteroatoms. The number of nitrogens with two attached hydrogens (primary N) is 1. The van der Waals surface area contributed by atoms with E-state index in [1.165, 1.54) is 7.11 Å². The van der Waals surface area contributed by atoms with Gasteiger partial charge in [0, 0.05) is 18.8 Å². The van der Waals surface area contributed by atoms with Crippen molar-refractivity contribution in [2.75, 3.05) is 31.8 Å². The minimum Gasteiger partial charge on any atom is -0.495 e. The molecule has 7 nitrogen and oxygen atoms in total. The Labute approximate surface area is 152 Å². The minimum atomic E-state index is -3.16. The van der Waals surface area contributed by atoms with Gasteiger partial charge in [0.25, 0.3) is 0 Å². The minimum absolute atomic E-state index is 0. The monoisotopic (exact) mass is 462 g/mol. The molecular weight excluding hydrogens is 443 g/mol. The van der Waals surface area contributed by atoms with E-state index in [0.29, 0.717) is 36.0 Å². The van der Waals surface area contributed by atoms with Crippen LogP contribution in [0.25, 0.3) is 0 Å². The number of nitrogens with zero attached hydrogens (tertiary/aromatic N) is 1. The molecule has 0 radical (unpaired) electrons. The fourth-order valence-electron chi connectivity index (χ4n) is 1.47. The third kappa shape index (κ3) is 8.61. The first-order valence-electron chi connectivity index (χ1n) is 6.17. The lowest BCUT2D eigenvalue weighted by Crippen LogP contribution is -2.25. The summed E-state index contributed by atoms with van der Waals surface area (Å²) in [5, 5.41) is 3.36. The molecule has 0 unspecified atom stereocenters. The zero-order chi connectivity index (χ0) is 15.9. The number of nitrogens with one attached hydrogen (secondary N) is 2. The maximum atomic E-state index is 10.8. The zero-order valence-corrected chi connectivity index (χ0v) is 16.2. The van der Waals surface area contributed by atoms with Gasteiger partial charge in [-0.1, -0.05) is 11.6 Å². The first kappa shape index (κ1) is 21.2. The highest BCUT2D eigenvalue weighted by atomic mass is 127. The predicted octanol–water partition coefficient (Wildman–Crippen LogP) is 1.63. The lowest BCUT2D eigenvalue weighted by atomic mass is 10.3. The van der Waals surface area contributed by atoms with Crippen LogP contribution in [0, 0.1) is 0 Å². The number of halogens is 2. The second-order valence-electron chi connectivity index (χ2n) is 4.26. The highest BCUT2D eigenvalue weighted by molar-refractivity contribution is 14.0. The summed E-state index contributed by atoms with van der Waals surface area (Å²) in [5.74, 6) is 0.806. The average Bonchev–Trinajstić information content (AvgIpc) is 2.37. The highest BCUT2D eigenvalue weighted by Gasteiger charge is 2.02. The van der Waals surface area contributed by atoms with E-state index in [1.54, 1.807) is 18.2 Å². The molecule has 4 N–H and O–H groups in total. The molecule has 126 valence electrons. The molecule has 0 aromatic heterocycles. The van der Waals surface area contributed by atoms with Crippen molar-refractivity contribution >= 4 is 57.2 Å². The number of rotatable bonds is 7. The molecule has 22 heavy (non-hydrogen) atoms. The second-order valence-corrected chi connectivity index (χ2v) is 6.50. The van der Waals surface area contributed by atoms with Crippen LogP contribution >= 0.6 is 35.6 Å². The van der Waals surface area contributed by atoms with Crippen molar-refractivity contribution in [3.63, 3.8) is 0 Å². The molecule has 0 amide bonds. The SMILES string of the molecule is COc1ccc(NC(N)=NCCCNS(C)(=O)=O)cc1Cl.I. The van der Waals surface area contributed by atoms with Crippen molar-refractivity contribution in [2.45, 2.75) is 6.42 Å². The number of guanidine groups is 1. The van der Waals surface area contributed by atoms with Gasteiger partial charge in [-0.2, -0.15) is 0 Å². The third-order valence-corrected chi connectivity index (χ3v) is 3.43.